The molecule has 0 radical (unpaired) electrons. The number of urea groups is 1. The number of Topliss-reactive ketones (excluding diaryl/α,β-unsaturated/α-hetero) is 1. The number of aromatic nitrogens is 1. The Morgan fingerprint density at radius 2 is 1.82 bits per heavy atom. The molecule has 3 N–H and O–H groups in total. The molecule has 3 atom stereocenters. The molecule has 4 amide bonds. The first-order valence-electron chi connectivity index (χ1n) is 17.3. The molecule has 51 heavy (non-hydrogen) atoms. The maximum atomic E-state index is 14.5. The zero-order valence-corrected chi connectivity index (χ0v) is 29.0. The van der Waals surface area contributed by atoms with Crippen molar-refractivity contribution in [1.29, 1.82) is 0 Å². The fourth-order valence-corrected chi connectivity index (χ4v) is 7.05. The van der Waals surface area contributed by atoms with E-state index in [0.29, 0.717) is 12.2 Å². The molecule has 2 fully saturated rings. The molecule has 0 bridgehead atoms. The summed E-state index contributed by atoms with van der Waals surface area (Å²) in [4.78, 5) is 62.2. The number of hydrogen-bond acceptors (Lipinski definition) is 7. The lowest BCUT2D eigenvalue weighted by Crippen LogP contribution is -2.76. The Hall–Kier alpha value is -5.46. The molecule has 12 heteroatoms. The molecule has 0 spiro atoms. The van der Waals surface area contributed by atoms with Crippen LogP contribution in [0.1, 0.15) is 47.3 Å². The number of hydrazine groups is 1. The summed E-state index contributed by atoms with van der Waals surface area (Å²) >= 11 is 0. The maximum absolute atomic E-state index is 14.5. The lowest BCUT2D eigenvalue weighted by molar-refractivity contribution is -0.189. The summed E-state index contributed by atoms with van der Waals surface area (Å²) < 4.78 is 5.60. The number of phenolic OH excluding ortho intramolecular Hbond substituents is 1. The van der Waals surface area contributed by atoms with Crippen LogP contribution < -0.4 is 5.32 Å². The van der Waals surface area contributed by atoms with Crippen molar-refractivity contribution >= 4 is 34.5 Å². The number of amides is 4. The third kappa shape index (κ3) is 7.67. The number of para-hydroxylation sites is 1. The lowest BCUT2D eigenvalue weighted by Gasteiger charge is -2.55. The molecule has 0 aliphatic carbocycles. The van der Waals surface area contributed by atoms with Gasteiger partial charge in [0.1, 0.15) is 18.0 Å². The largest absolute Gasteiger partial charge is 0.508 e. The second kappa shape index (κ2) is 15.6. The summed E-state index contributed by atoms with van der Waals surface area (Å²) in [5, 5.41) is 16.9. The van der Waals surface area contributed by atoms with Crippen LogP contribution in [0.2, 0.25) is 0 Å². The Balaban J connectivity index is 1.34. The van der Waals surface area contributed by atoms with Crippen molar-refractivity contribution in [1.82, 2.24) is 30.1 Å². The van der Waals surface area contributed by atoms with Crippen molar-refractivity contribution in [2.75, 3.05) is 26.2 Å². The number of fused-ring (bicyclic) bond motifs is 2. The first kappa shape index (κ1) is 35.4. The number of carbonyl (C=O) groups excluding carboxylic acids is 4. The molecule has 0 saturated carbocycles. The minimum atomic E-state index is -0.920. The quantitative estimate of drug-likeness (QED) is 0.138. The number of nitrogens with zero attached hydrogens (tertiary/aromatic N) is 4. The molecule has 2 aliphatic heterocycles. The normalized spacial score (nSPS) is 18.5. The van der Waals surface area contributed by atoms with Crippen LogP contribution in [0.25, 0.3) is 10.9 Å². The molecular weight excluding hydrogens is 648 g/mol. The first-order valence-corrected chi connectivity index (χ1v) is 17.3. The average molecular weight is 693 g/mol. The topological polar surface area (TPSA) is 139 Å². The third-order valence-electron chi connectivity index (χ3n) is 9.42. The molecule has 2 aliphatic rings. The van der Waals surface area contributed by atoms with Crippen LogP contribution in [0, 0.1) is 0 Å². The molecule has 3 heterocycles. The van der Waals surface area contributed by atoms with Gasteiger partial charge in [-0.1, -0.05) is 66.7 Å². The van der Waals surface area contributed by atoms with Gasteiger partial charge in [-0.3, -0.25) is 14.4 Å². The fourth-order valence-electron chi connectivity index (χ4n) is 7.05. The highest BCUT2D eigenvalue weighted by atomic mass is 16.5. The number of hydrogen-bond donors (Lipinski definition) is 3. The van der Waals surface area contributed by atoms with E-state index in [0.717, 1.165) is 27.6 Å². The number of ether oxygens (including phenoxy) is 1. The molecule has 12 nitrogen and oxygen atoms in total. The number of benzene rings is 3. The van der Waals surface area contributed by atoms with Crippen LogP contribution >= 0.6 is 0 Å². The SMILES string of the molecule is C=CCN1CC(=O)N2[C@@H](Cc3ccc(O)cc3)C(=O)N(Cc3cccc4c(C(=O)CC(C)OCC)c[nH]c34)C[C@@H]2N1C(=O)NCc1ccccc1. The predicted molar refractivity (Wildman–Crippen MR) is 192 cm³/mol. The number of rotatable bonds is 13. The Labute approximate surface area is 297 Å². The predicted octanol–water partition coefficient (Wildman–Crippen LogP) is 4.61. The molecule has 3 aromatic carbocycles. The van der Waals surface area contributed by atoms with E-state index in [9.17, 15) is 24.3 Å². The van der Waals surface area contributed by atoms with Gasteiger partial charge >= 0.3 is 6.03 Å². The highest BCUT2D eigenvalue weighted by molar-refractivity contribution is 6.08. The molecule has 6 rings (SSSR count). The summed E-state index contributed by atoms with van der Waals surface area (Å²) in [5.74, 6) is -0.493. The number of nitrogens with one attached hydrogen (secondary N) is 2. The van der Waals surface area contributed by atoms with E-state index in [2.05, 4.69) is 16.9 Å². The smallest absolute Gasteiger partial charge is 0.334 e. The second-order valence-electron chi connectivity index (χ2n) is 12.9. The van der Waals surface area contributed by atoms with Gasteiger partial charge in [0.25, 0.3) is 0 Å². The summed E-state index contributed by atoms with van der Waals surface area (Å²) in [5.41, 5.74) is 3.75. The Kier molecular flexibility index (Phi) is 10.8. The molecule has 1 aromatic heterocycles. The third-order valence-corrected chi connectivity index (χ3v) is 9.42. The van der Waals surface area contributed by atoms with E-state index in [1.54, 1.807) is 56.4 Å². The zero-order chi connectivity index (χ0) is 36.1. The molecule has 4 aromatic rings. The summed E-state index contributed by atoms with van der Waals surface area (Å²) in [6.45, 7) is 8.78. The zero-order valence-electron chi connectivity index (χ0n) is 29.0. The highest BCUT2D eigenvalue weighted by Gasteiger charge is 2.51. The lowest BCUT2D eigenvalue weighted by atomic mass is 9.97. The van der Waals surface area contributed by atoms with Gasteiger partial charge in [-0.05, 0) is 42.7 Å². The van der Waals surface area contributed by atoms with E-state index >= 15 is 0 Å². The number of aromatic hydroxyl groups is 1. The summed E-state index contributed by atoms with van der Waals surface area (Å²) in [7, 11) is 0. The van der Waals surface area contributed by atoms with Gasteiger partial charge in [0.2, 0.25) is 11.8 Å². The molecule has 1 unspecified atom stereocenters. The van der Waals surface area contributed by atoms with Crippen LogP contribution in [0.3, 0.4) is 0 Å². The Bertz CT molecular complexity index is 1890. The van der Waals surface area contributed by atoms with Crippen molar-refractivity contribution in [2.24, 2.45) is 0 Å². The van der Waals surface area contributed by atoms with E-state index in [1.165, 1.54) is 0 Å². The van der Waals surface area contributed by atoms with Crippen LogP contribution in [-0.4, -0.2) is 98.1 Å². The van der Waals surface area contributed by atoms with Gasteiger partial charge in [-0.15, -0.1) is 6.58 Å². The van der Waals surface area contributed by atoms with Crippen LogP contribution in [0.15, 0.2) is 91.6 Å². The number of carbonyl (C=O) groups is 4. The van der Waals surface area contributed by atoms with E-state index in [4.69, 9.17) is 4.74 Å². The van der Waals surface area contributed by atoms with Gasteiger partial charge in [0.15, 0.2) is 5.78 Å². The average Bonchev–Trinajstić information content (AvgIpc) is 3.56. The summed E-state index contributed by atoms with van der Waals surface area (Å²) in [6.07, 6.45) is 2.73. The standard InChI is InChI=1S/C39H44N6O6/c1-4-18-43-25-36(48)44-33(20-27-14-16-30(46)17-15-27)38(49)42(24-35(44)45(43)39(50)41-21-28-10-7-6-8-11-28)23-29-12-9-13-31-32(22-40-37(29)31)34(47)19-26(3)51-5-2/h4,6-17,22,26,33,35,40,46H,1,5,18-21,23-25H2,2-3H3,(H,41,50)/t26?,33-,35-/m0/s1. The van der Waals surface area contributed by atoms with Crippen molar-refractivity contribution in [3.63, 3.8) is 0 Å². The number of ketones is 1. The van der Waals surface area contributed by atoms with Gasteiger partial charge < -0.3 is 29.9 Å². The second-order valence-corrected chi connectivity index (χ2v) is 12.9. The van der Waals surface area contributed by atoms with Gasteiger partial charge in [0.05, 0.1) is 24.7 Å². The fraction of sp³-hybridized carbons (Fsp3) is 0.333. The van der Waals surface area contributed by atoms with Crippen LogP contribution in [0.4, 0.5) is 4.79 Å². The molecule has 2 saturated heterocycles. The van der Waals surface area contributed by atoms with Gasteiger partial charge in [-0.2, -0.15) is 0 Å². The minimum absolute atomic E-state index is 0.0433. The number of H-pyrrole nitrogens is 1. The minimum Gasteiger partial charge on any atom is -0.508 e. The number of phenols is 1. The van der Waals surface area contributed by atoms with Gasteiger partial charge in [-0.25, -0.2) is 14.8 Å². The molecular formula is C39H44N6O6. The van der Waals surface area contributed by atoms with Crippen molar-refractivity contribution in [3.05, 3.63) is 114 Å². The first-order chi connectivity index (χ1) is 24.7. The van der Waals surface area contributed by atoms with Crippen molar-refractivity contribution in [2.45, 2.75) is 58.1 Å². The van der Waals surface area contributed by atoms with E-state index in [1.807, 2.05) is 62.4 Å². The Morgan fingerprint density at radius 3 is 2.55 bits per heavy atom. The van der Waals surface area contributed by atoms with Gasteiger partial charge in [0, 0.05) is 56.2 Å². The molecule has 266 valence electrons. The number of piperazine rings is 1. The highest BCUT2D eigenvalue weighted by Crippen LogP contribution is 2.31. The number of aromatic amines is 1. The van der Waals surface area contributed by atoms with Crippen molar-refractivity contribution < 1.29 is 29.0 Å². The monoisotopic (exact) mass is 692 g/mol. The van der Waals surface area contributed by atoms with E-state index in [-0.39, 0.29) is 75.0 Å². The summed E-state index contributed by atoms with van der Waals surface area (Å²) in [6, 6.07) is 20.4. The van der Waals surface area contributed by atoms with Crippen molar-refractivity contribution in [3.8, 4) is 5.75 Å². The van der Waals surface area contributed by atoms with Crippen LogP contribution in [0.5, 0.6) is 5.75 Å². The van der Waals surface area contributed by atoms with E-state index < -0.39 is 18.2 Å². The Morgan fingerprint density at radius 1 is 1.06 bits per heavy atom. The van der Waals surface area contributed by atoms with Crippen LogP contribution in [-0.2, 0) is 33.8 Å². The maximum Gasteiger partial charge on any atom is 0.334 e.